The fourth-order valence-electron chi connectivity index (χ4n) is 1.93. The van der Waals surface area contributed by atoms with Gasteiger partial charge < -0.3 is 14.8 Å². The summed E-state index contributed by atoms with van der Waals surface area (Å²) in [5.41, 5.74) is 2.87. The monoisotopic (exact) mass is 335 g/mol. The van der Waals surface area contributed by atoms with Gasteiger partial charge in [-0.2, -0.15) is 0 Å². The van der Waals surface area contributed by atoms with Crippen LogP contribution < -0.4 is 10.2 Å². The first kappa shape index (κ1) is 14.7. The van der Waals surface area contributed by atoms with Gasteiger partial charge in [0.2, 0.25) is 0 Å². The van der Waals surface area contributed by atoms with Crippen LogP contribution in [-0.2, 0) is 13.6 Å². The minimum atomic E-state index is -0.0742. The van der Waals surface area contributed by atoms with Crippen LogP contribution in [0.3, 0.4) is 0 Å². The Labute approximate surface area is 127 Å². The predicted octanol–water partition coefficient (Wildman–Crippen LogP) is 2.78. The van der Waals surface area contributed by atoms with E-state index in [-0.39, 0.29) is 5.91 Å². The molecule has 2 rings (SSSR count). The quantitative estimate of drug-likeness (QED) is 0.932. The number of halogens is 1. The van der Waals surface area contributed by atoms with Gasteiger partial charge in [0.15, 0.2) is 0 Å². The molecule has 1 aromatic carbocycles. The fourth-order valence-corrected chi connectivity index (χ4v) is 2.46. The highest BCUT2D eigenvalue weighted by Crippen LogP contribution is 2.14. The Bertz CT molecular complexity index is 602. The van der Waals surface area contributed by atoms with E-state index in [9.17, 15) is 4.79 Å². The van der Waals surface area contributed by atoms with Crippen LogP contribution in [0.1, 0.15) is 16.1 Å². The van der Waals surface area contributed by atoms with Crippen molar-refractivity contribution in [1.29, 1.82) is 0 Å². The van der Waals surface area contributed by atoms with Gasteiger partial charge in [-0.05, 0) is 39.7 Å². The number of hydrogen-bond acceptors (Lipinski definition) is 2. The van der Waals surface area contributed by atoms with Crippen molar-refractivity contribution >= 4 is 27.5 Å². The molecule has 1 heterocycles. The fraction of sp³-hybridized carbons (Fsp3) is 0.267. The number of aryl methyl sites for hydroxylation is 1. The Kier molecular flexibility index (Phi) is 4.49. The van der Waals surface area contributed by atoms with Crippen molar-refractivity contribution in [1.82, 2.24) is 9.88 Å². The van der Waals surface area contributed by atoms with Crippen LogP contribution >= 0.6 is 15.9 Å². The molecule has 1 amide bonds. The van der Waals surface area contributed by atoms with Gasteiger partial charge in [0, 0.05) is 44.0 Å². The molecule has 4 nitrogen and oxygen atoms in total. The average molecular weight is 336 g/mol. The molecule has 0 atom stereocenters. The van der Waals surface area contributed by atoms with E-state index in [0.29, 0.717) is 12.2 Å². The molecule has 2 aromatic rings. The van der Waals surface area contributed by atoms with Gasteiger partial charge >= 0.3 is 0 Å². The number of rotatable bonds is 4. The molecule has 0 bridgehead atoms. The summed E-state index contributed by atoms with van der Waals surface area (Å²) in [4.78, 5) is 14.1. The second-order valence-corrected chi connectivity index (χ2v) is 5.81. The van der Waals surface area contributed by atoms with Crippen LogP contribution in [-0.4, -0.2) is 24.6 Å². The number of hydrogen-bond donors (Lipinski definition) is 1. The molecule has 0 fully saturated rings. The minimum absolute atomic E-state index is 0.0742. The zero-order valence-corrected chi connectivity index (χ0v) is 13.4. The van der Waals surface area contributed by atoms with Crippen LogP contribution in [0.5, 0.6) is 0 Å². The molecule has 0 spiro atoms. The molecule has 0 saturated heterocycles. The van der Waals surface area contributed by atoms with Gasteiger partial charge in [-0.15, -0.1) is 0 Å². The van der Waals surface area contributed by atoms with Gasteiger partial charge in [0.1, 0.15) is 5.69 Å². The first-order valence-corrected chi connectivity index (χ1v) is 7.13. The molecule has 1 N–H and O–H groups in total. The van der Waals surface area contributed by atoms with Gasteiger partial charge in [0.05, 0.1) is 0 Å². The van der Waals surface area contributed by atoms with Crippen molar-refractivity contribution in [3.05, 3.63) is 52.3 Å². The van der Waals surface area contributed by atoms with E-state index in [1.807, 2.05) is 62.6 Å². The molecule has 0 saturated carbocycles. The van der Waals surface area contributed by atoms with Crippen molar-refractivity contribution in [3.8, 4) is 0 Å². The standard InChI is InChI=1S/C15H18BrN3O/c1-18(2)13-6-4-11(5-7-13)9-17-15(20)14-8-12(16)10-19(14)3/h4-8,10H,9H2,1-3H3,(H,17,20). The molecular weight excluding hydrogens is 318 g/mol. The lowest BCUT2D eigenvalue weighted by molar-refractivity contribution is 0.0943. The Balaban J connectivity index is 1.98. The lowest BCUT2D eigenvalue weighted by Crippen LogP contribution is -2.24. The largest absolute Gasteiger partial charge is 0.378 e. The molecule has 0 aliphatic carbocycles. The maximum atomic E-state index is 12.1. The van der Waals surface area contributed by atoms with Gasteiger partial charge in [-0.3, -0.25) is 4.79 Å². The third-order valence-corrected chi connectivity index (χ3v) is 3.54. The summed E-state index contributed by atoms with van der Waals surface area (Å²) < 4.78 is 2.70. The first-order valence-electron chi connectivity index (χ1n) is 6.33. The SMILES string of the molecule is CN(C)c1ccc(CNC(=O)c2cc(Br)cn2C)cc1. The van der Waals surface area contributed by atoms with Gasteiger partial charge in [-0.1, -0.05) is 12.1 Å². The molecule has 1 aromatic heterocycles. The van der Waals surface area contributed by atoms with Crippen LogP contribution in [0.4, 0.5) is 5.69 Å². The number of carbonyl (C=O) groups is 1. The lowest BCUT2D eigenvalue weighted by atomic mass is 10.2. The van der Waals surface area contributed by atoms with Crippen molar-refractivity contribution in [3.63, 3.8) is 0 Å². The third kappa shape index (κ3) is 3.42. The average Bonchev–Trinajstić information content (AvgIpc) is 2.75. The normalized spacial score (nSPS) is 10.4. The number of nitrogens with zero attached hydrogens (tertiary/aromatic N) is 2. The van der Waals surface area contributed by atoms with Crippen LogP contribution in [0, 0.1) is 0 Å². The van der Waals surface area contributed by atoms with Crippen LogP contribution in [0.2, 0.25) is 0 Å². The first-order chi connectivity index (χ1) is 9.47. The van der Waals surface area contributed by atoms with Gasteiger partial charge in [-0.25, -0.2) is 0 Å². The summed E-state index contributed by atoms with van der Waals surface area (Å²) in [5.74, 6) is -0.0742. The van der Waals surface area contributed by atoms with Crippen LogP contribution in [0.25, 0.3) is 0 Å². The van der Waals surface area contributed by atoms with Crippen LogP contribution in [0.15, 0.2) is 41.0 Å². The second kappa shape index (κ2) is 6.13. The van der Waals surface area contributed by atoms with E-state index in [0.717, 1.165) is 15.7 Å². The predicted molar refractivity (Wildman–Crippen MR) is 85.1 cm³/mol. The summed E-state index contributed by atoms with van der Waals surface area (Å²) in [6, 6.07) is 9.94. The maximum Gasteiger partial charge on any atom is 0.268 e. The molecule has 0 unspecified atom stereocenters. The van der Waals surface area contributed by atoms with Gasteiger partial charge in [0.25, 0.3) is 5.91 Å². The molecular formula is C15H18BrN3O. The smallest absolute Gasteiger partial charge is 0.268 e. The Morgan fingerprint density at radius 2 is 1.95 bits per heavy atom. The highest BCUT2D eigenvalue weighted by Gasteiger charge is 2.10. The molecule has 0 aliphatic rings. The summed E-state index contributed by atoms with van der Waals surface area (Å²) in [6.45, 7) is 0.523. The van der Waals surface area contributed by atoms with Crippen molar-refractivity contribution in [2.24, 2.45) is 7.05 Å². The van der Waals surface area contributed by atoms with E-state index in [2.05, 4.69) is 21.2 Å². The maximum absolute atomic E-state index is 12.1. The highest BCUT2D eigenvalue weighted by molar-refractivity contribution is 9.10. The number of carbonyl (C=O) groups excluding carboxylic acids is 1. The van der Waals surface area contributed by atoms with E-state index in [1.54, 1.807) is 4.57 Å². The topological polar surface area (TPSA) is 37.3 Å². The number of benzene rings is 1. The number of nitrogens with one attached hydrogen (secondary N) is 1. The number of aromatic nitrogens is 1. The summed E-state index contributed by atoms with van der Waals surface area (Å²) in [6.07, 6.45) is 1.86. The van der Waals surface area contributed by atoms with E-state index >= 15 is 0 Å². The number of amides is 1. The Morgan fingerprint density at radius 3 is 2.45 bits per heavy atom. The number of anilines is 1. The second-order valence-electron chi connectivity index (χ2n) is 4.90. The Morgan fingerprint density at radius 1 is 1.30 bits per heavy atom. The highest BCUT2D eigenvalue weighted by atomic mass is 79.9. The molecule has 0 aliphatic heterocycles. The third-order valence-electron chi connectivity index (χ3n) is 3.11. The summed E-state index contributed by atoms with van der Waals surface area (Å²) >= 11 is 3.36. The molecule has 106 valence electrons. The minimum Gasteiger partial charge on any atom is -0.378 e. The summed E-state index contributed by atoms with van der Waals surface area (Å²) in [5, 5.41) is 2.92. The molecule has 0 radical (unpaired) electrons. The van der Waals surface area contributed by atoms with E-state index in [4.69, 9.17) is 0 Å². The molecule has 5 heteroatoms. The van der Waals surface area contributed by atoms with Crippen molar-refractivity contribution < 1.29 is 4.79 Å². The van der Waals surface area contributed by atoms with Crippen molar-refractivity contribution in [2.75, 3.05) is 19.0 Å². The summed E-state index contributed by atoms with van der Waals surface area (Å²) in [7, 11) is 5.86. The lowest BCUT2D eigenvalue weighted by Gasteiger charge is -2.13. The van der Waals surface area contributed by atoms with Crippen molar-refractivity contribution in [2.45, 2.75) is 6.54 Å². The molecule has 20 heavy (non-hydrogen) atoms. The zero-order chi connectivity index (χ0) is 14.7. The van der Waals surface area contributed by atoms with E-state index < -0.39 is 0 Å². The Hall–Kier alpha value is -1.75. The zero-order valence-electron chi connectivity index (χ0n) is 11.9. The van der Waals surface area contributed by atoms with E-state index in [1.165, 1.54) is 0 Å².